The molecular weight excluding hydrogens is 384 g/mol. The molecule has 1 N–H and O–H groups in total. The van der Waals surface area contributed by atoms with Crippen LogP contribution in [0.5, 0.6) is 17.2 Å². The first-order valence-corrected chi connectivity index (χ1v) is 10.2. The third-order valence-electron chi connectivity index (χ3n) is 5.16. The van der Waals surface area contributed by atoms with E-state index in [1.807, 2.05) is 45.0 Å². The van der Waals surface area contributed by atoms with Gasteiger partial charge in [0.2, 0.25) is 11.8 Å². The number of hydrogen-bond acceptors (Lipinski definition) is 5. The summed E-state index contributed by atoms with van der Waals surface area (Å²) in [6.07, 6.45) is 0.259. The molecule has 0 aromatic heterocycles. The number of nitrogens with one attached hydrogen (secondary N) is 1. The molecule has 0 bridgehead atoms. The Morgan fingerprint density at radius 3 is 2.63 bits per heavy atom. The lowest BCUT2D eigenvalue weighted by Crippen LogP contribution is -2.28. The van der Waals surface area contributed by atoms with Crippen LogP contribution in [-0.2, 0) is 9.59 Å². The van der Waals surface area contributed by atoms with E-state index in [0.29, 0.717) is 36.9 Å². The van der Waals surface area contributed by atoms with Crippen LogP contribution in [0.25, 0.3) is 0 Å². The number of anilines is 2. The lowest BCUT2D eigenvalue weighted by molar-refractivity contribution is -0.122. The fraction of sp³-hybridized carbons (Fsp3) is 0.391. The summed E-state index contributed by atoms with van der Waals surface area (Å²) >= 11 is 0. The van der Waals surface area contributed by atoms with Crippen LogP contribution >= 0.6 is 0 Å². The lowest BCUT2D eigenvalue weighted by Gasteiger charge is -2.22. The summed E-state index contributed by atoms with van der Waals surface area (Å²) in [7, 11) is 0. The van der Waals surface area contributed by atoms with E-state index >= 15 is 0 Å². The van der Waals surface area contributed by atoms with Gasteiger partial charge in [0.05, 0.1) is 12.0 Å². The van der Waals surface area contributed by atoms with Gasteiger partial charge in [-0.05, 0) is 56.7 Å². The van der Waals surface area contributed by atoms with Crippen molar-refractivity contribution in [1.29, 1.82) is 0 Å². The van der Waals surface area contributed by atoms with Crippen LogP contribution in [0.2, 0.25) is 0 Å². The van der Waals surface area contributed by atoms with Crippen molar-refractivity contribution in [1.82, 2.24) is 0 Å². The van der Waals surface area contributed by atoms with Gasteiger partial charge in [0.15, 0.2) is 11.5 Å². The first kappa shape index (κ1) is 20.1. The van der Waals surface area contributed by atoms with Crippen LogP contribution in [0.15, 0.2) is 36.4 Å². The minimum Gasteiger partial charge on any atom is -0.491 e. The van der Waals surface area contributed by atoms with Gasteiger partial charge in [0.25, 0.3) is 0 Å². The van der Waals surface area contributed by atoms with E-state index in [9.17, 15) is 9.59 Å². The quantitative estimate of drug-likeness (QED) is 0.816. The number of ether oxygens (including phenoxy) is 3. The van der Waals surface area contributed by atoms with E-state index < -0.39 is 5.92 Å². The highest BCUT2D eigenvalue weighted by Gasteiger charge is 2.35. The van der Waals surface area contributed by atoms with Crippen molar-refractivity contribution in [3.8, 4) is 17.2 Å². The van der Waals surface area contributed by atoms with Crippen LogP contribution in [-0.4, -0.2) is 37.7 Å². The lowest BCUT2D eigenvalue weighted by atomic mass is 10.1. The number of rotatable bonds is 5. The molecule has 1 saturated heterocycles. The van der Waals surface area contributed by atoms with E-state index in [1.165, 1.54) is 0 Å². The molecule has 0 aliphatic carbocycles. The molecule has 4 rings (SSSR count). The van der Waals surface area contributed by atoms with Crippen molar-refractivity contribution in [3.63, 3.8) is 0 Å². The third-order valence-corrected chi connectivity index (χ3v) is 5.16. The smallest absolute Gasteiger partial charge is 0.229 e. The van der Waals surface area contributed by atoms with Crippen molar-refractivity contribution in [3.05, 3.63) is 42.0 Å². The zero-order valence-electron chi connectivity index (χ0n) is 17.4. The summed E-state index contributed by atoms with van der Waals surface area (Å²) in [4.78, 5) is 27.0. The highest BCUT2D eigenvalue weighted by Crippen LogP contribution is 2.36. The molecular formula is C23H26N2O5. The van der Waals surface area contributed by atoms with Gasteiger partial charge in [-0.1, -0.05) is 0 Å². The monoisotopic (exact) mass is 410 g/mol. The van der Waals surface area contributed by atoms with Crippen LogP contribution < -0.4 is 24.4 Å². The molecule has 7 nitrogen and oxygen atoms in total. The number of hydrogen-bond donors (Lipinski definition) is 1. The Kier molecular flexibility index (Phi) is 5.53. The van der Waals surface area contributed by atoms with Gasteiger partial charge < -0.3 is 24.4 Å². The minimum atomic E-state index is -0.420. The SMILES string of the molecule is Cc1cc(OC(C)C)ccc1NC(=O)C1CC(=O)N(c2ccc3c(c2)OCCO3)C1. The zero-order valence-corrected chi connectivity index (χ0v) is 17.4. The zero-order chi connectivity index (χ0) is 21.3. The number of aryl methyl sites for hydroxylation is 1. The first-order chi connectivity index (χ1) is 14.4. The van der Waals surface area contributed by atoms with Gasteiger partial charge in [-0.15, -0.1) is 0 Å². The average molecular weight is 410 g/mol. The summed E-state index contributed by atoms with van der Waals surface area (Å²) in [5.41, 5.74) is 2.35. The van der Waals surface area contributed by atoms with E-state index in [2.05, 4.69) is 5.32 Å². The third kappa shape index (κ3) is 4.20. The van der Waals surface area contributed by atoms with Crippen LogP contribution in [0.4, 0.5) is 11.4 Å². The Labute approximate surface area is 175 Å². The number of carbonyl (C=O) groups is 2. The first-order valence-electron chi connectivity index (χ1n) is 10.2. The Morgan fingerprint density at radius 2 is 1.90 bits per heavy atom. The standard InChI is InChI=1S/C23H26N2O5/c1-14(2)30-18-5-6-19(15(3)10-18)24-23(27)16-11-22(26)25(13-16)17-4-7-20-21(12-17)29-9-8-28-20/h4-7,10,12,14,16H,8-9,11,13H2,1-3H3,(H,24,27). The van der Waals surface area contributed by atoms with E-state index in [4.69, 9.17) is 14.2 Å². The summed E-state index contributed by atoms with van der Waals surface area (Å²) < 4.78 is 16.8. The molecule has 0 saturated carbocycles. The maximum Gasteiger partial charge on any atom is 0.229 e. The largest absolute Gasteiger partial charge is 0.491 e. The predicted octanol–water partition coefficient (Wildman–Crippen LogP) is 3.55. The maximum atomic E-state index is 12.8. The van der Waals surface area contributed by atoms with Gasteiger partial charge in [0, 0.05) is 30.4 Å². The number of nitrogens with zero attached hydrogens (tertiary/aromatic N) is 1. The van der Waals surface area contributed by atoms with Gasteiger partial charge in [-0.2, -0.15) is 0 Å². The predicted molar refractivity (Wildman–Crippen MR) is 113 cm³/mol. The molecule has 2 aliphatic rings. The van der Waals surface area contributed by atoms with Crippen molar-refractivity contribution < 1.29 is 23.8 Å². The summed E-state index contributed by atoms with van der Waals surface area (Å²) in [5.74, 6) is 1.40. The van der Waals surface area contributed by atoms with Crippen LogP contribution in [0, 0.1) is 12.8 Å². The van der Waals surface area contributed by atoms with Gasteiger partial charge in [-0.3, -0.25) is 9.59 Å². The van der Waals surface area contributed by atoms with Crippen molar-refractivity contribution in [2.45, 2.75) is 33.3 Å². The molecule has 0 spiro atoms. The second-order valence-electron chi connectivity index (χ2n) is 7.87. The average Bonchev–Trinajstić information content (AvgIpc) is 3.11. The van der Waals surface area contributed by atoms with Crippen molar-refractivity contribution in [2.24, 2.45) is 5.92 Å². The number of carbonyl (C=O) groups excluding carboxylic acids is 2. The normalized spacial score (nSPS) is 17.9. The second kappa shape index (κ2) is 8.26. The summed E-state index contributed by atoms with van der Waals surface area (Å²) in [6.45, 7) is 7.18. The highest BCUT2D eigenvalue weighted by atomic mass is 16.6. The van der Waals surface area contributed by atoms with E-state index in [0.717, 1.165) is 17.0 Å². The molecule has 2 heterocycles. The molecule has 2 aromatic rings. The minimum absolute atomic E-state index is 0.0794. The molecule has 2 aromatic carbocycles. The van der Waals surface area contributed by atoms with Crippen LogP contribution in [0.1, 0.15) is 25.8 Å². The van der Waals surface area contributed by atoms with Gasteiger partial charge >= 0.3 is 0 Å². The Morgan fingerprint density at radius 1 is 1.13 bits per heavy atom. The summed E-state index contributed by atoms with van der Waals surface area (Å²) in [6, 6.07) is 11.0. The van der Waals surface area contributed by atoms with E-state index in [1.54, 1.807) is 17.0 Å². The molecule has 1 atom stereocenters. The van der Waals surface area contributed by atoms with Gasteiger partial charge in [0.1, 0.15) is 19.0 Å². The molecule has 158 valence electrons. The fourth-order valence-corrected chi connectivity index (χ4v) is 3.69. The Bertz CT molecular complexity index is 972. The maximum absolute atomic E-state index is 12.8. The fourth-order valence-electron chi connectivity index (χ4n) is 3.69. The van der Waals surface area contributed by atoms with Gasteiger partial charge in [-0.25, -0.2) is 0 Å². The Balaban J connectivity index is 1.43. The molecule has 1 unspecified atom stereocenters. The molecule has 30 heavy (non-hydrogen) atoms. The highest BCUT2D eigenvalue weighted by molar-refractivity contribution is 6.03. The molecule has 2 aliphatic heterocycles. The number of amides is 2. The number of benzene rings is 2. The molecule has 1 fully saturated rings. The molecule has 7 heteroatoms. The van der Waals surface area contributed by atoms with Crippen molar-refractivity contribution >= 4 is 23.2 Å². The Hall–Kier alpha value is -3.22. The molecule has 2 amide bonds. The number of fused-ring (bicyclic) bond motifs is 1. The van der Waals surface area contributed by atoms with E-state index in [-0.39, 0.29) is 24.3 Å². The van der Waals surface area contributed by atoms with Crippen molar-refractivity contribution in [2.75, 3.05) is 30.0 Å². The van der Waals surface area contributed by atoms with Crippen LogP contribution in [0.3, 0.4) is 0 Å². The second-order valence-corrected chi connectivity index (χ2v) is 7.87. The molecule has 0 radical (unpaired) electrons. The topological polar surface area (TPSA) is 77.1 Å². The summed E-state index contributed by atoms with van der Waals surface area (Å²) in [5, 5.41) is 2.96.